The number of rotatable bonds is 3. The minimum atomic E-state index is -0.0629. The number of aromatic nitrogens is 2. The lowest BCUT2D eigenvalue weighted by atomic mass is 10.2. The molecule has 0 atom stereocenters. The first-order chi connectivity index (χ1) is 8.11. The number of imidazole rings is 1. The monoisotopic (exact) mass is 252 g/mol. The zero-order valence-electron chi connectivity index (χ0n) is 9.68. The molecule has 90 valence electrons. The van der Waals surface area contributed by atoms with Crippen molar-refractivity contribution in [2.24, 2.45) is 7.05 Å². The molecule has 0 aliphatic carbocycles. The number of aryl methyl sites for hydroxylation is 1. The van der Waals surface area contributed by atoms with Gasteiger partial charge < -0.3 is 9.30 Å². The highest BCUT2D eigenvalue weighted by atomic mass is 35.5. The maximum atomic E-state index is 11.7. The van der Waals surface area contributed by atoms with Crippen LogP contribution < -0.4 is 10.4 Å². The van der Waals surface area contributed by atoms with Gasteiger partial charge in [0.15, 0.2) is 0 Å². The Balaban J connectivity index is 2.38. The molecule has 0 aliphatic rings. The Kier molecular flexibility index (Phi) is 3.24. The number of hydrogen-bond acceptors (Lipinski definition) is 2. The molecule has 2 aromatic rings. The second-order valence-corrected chi connectivity index (χ2v) is 4.21. The van der Waals surface area contributed by atoms with E-state index < -0.39 is 0 Å². The first-order valence-electron chi connectivity index (χ1n) is 5.16. The Morgan fingerprint density at radius 2 is 2.12 bits per heavy atom. The van der Waals surface area contributed by atoms with Gasteiger partial charge in [0.05, 0.1) is 13.7 Å². The third kappa shape index (κ3) is 2.36. The third-order valence-corrected chi connectivity index (χ3v) is 2.84. The van der Waals surface area contributed by atoms with Gasteiger partial charge in [-0.25, -0.2) is 4.79 Å². The molecule has 2 rings (SSSR count). The second kappa shape index (κ2) is 4.67. The molecular formula is C12H13ClN2O2. The molecular weight excluding hydrogens is 240 g/mol. The van der Waals surface area contributed by atoms with E-state index in [0.717, 1.165) is 11.3 Å². The maximum absolute atomic E-state index is 11.7. The summed E-state index contributed by atoms with van der Waals surface area (Å²) in [6.07, 6.45) is 3.46. The van der Waals surface area contributed by atoms with Crippen molar-refractivity contribution in [3.8, 4) is 5.75 Å². The van der Waals surface area contributed by atoms with Gasteiger partial charge in [-0.1, -0.05) is 11.6 Å². The topological polar surface area (TPSA) is 36.2 Å². The molecule has 0 bridgehead atoms. The van der Waals surface area contributed by atoms with E-state index in [1.54, 1.807) is 49.3 Å². The van der Waals surface area contributed by atoms with Crippen LogP contribution in [0.5, 0.6) is 5.75 Å². The first kappa shape index (κ1) is 11.8. The van der Waals surface area contributed by atoms with Crippen LogP contribution in [-0.4, -0.2) is 16.2 Å². The first-order valence-corrected chi connectivity index (χ1v) is 5.54. The van der Waals surface area contributed by atoms with Crippen LogP contribution in [0.15, 0.2) is 35.4 Å². The minimum absolute atomic E-state index is 0.0629. The lowest BCUT2D eigenvalue weighted by Gasteiger charge is -2.08. The molecule has 1 heterocycles. The smallest absolute Gasteiger partial charge is 0.328 e. The zero-order valence-corrected chi connectivity index (χ0v) is 10.4. The van der Waals surface area contributed by atoms with E-state index in [0.29, 0.717) is 11.6 Å². The van der Waals surface area contributed by atoms with Gasteiger partial charge in [0.2, 0.25) is 0 Å². The maximum Gasteiger partial charge on any atom is 0.328 e. The van der Waals surface area contributed by atoms with E-state index in [2.05, 4.69) is 0 Å². The summed E-state index contributed by atoms with van der Waals surface area (Å²) in [5.41, 5.74) is 0.820. The lowest BCUT2D eigenvalue weighted by Crippen LogP contribution is -2.22. The van der Waals surface area contributed by atoms with Crippen LogP contribution in [0.2, 0.25) is 5.02 Å². The molecule has 1 aromatic heterocycles. The fourth-order valence-electron chi connectivity index (χ4n) is 1.69. The van der Waals surface area contributed by atoms with Crippen LogP contribution in [0.1, 0.15) is 5.56 Å². The quantitative estimate of drug-likeness (QED) is 0.837. The molecule has 0 radical (unpaired) electrons. The van der Waals surface area contributed by atoms with Crippen LogP contribution in [0, 0.1) is 0 Å². The summed E-state index contributed by atoms with van der Waals surface area (Å²) in [6, 6.07) is 5.36. The average molecular weight is 253 g/mol. The molecule has 0 fully saturated rings. The highest BCUT2D eigenvalue weighted by Crippen LogP contribution is 2.23. The fourth-order valence-corrected chi connectivity index (χ4v) is 1.88. The van der Waals surface area contributed by atoms with Crippen molar-refractivity contribution in [1.82, 2.24) is 9.13 Å². The van der Waals surface area contributed by atoms with Crippen LogP contribution in [0.4, 0.5) is 0 Å². The van der Waals surface area contributed by atoms with E-state index in [1.165, 1.54) is 4.57 Å². The summed E-state index contributed by atoms with van der Waals surface area (Å²) < 4.78 is 8.37. The van der Waals surface area contributed by atoms with Crippen molar-refractivity contribution in [3.63, 3.8) is 0 Å². The predicted octanol–water partition coefficient (Wildman–Crippen LogP) is 1.90. The van der Waals surface area contributed by atoms with Crippen molar-refractivity contribution in [2.75, 3.05) is 7.11 Å². The Morgan fingerprint density at radius 3 is 2.71 bits per heavy atom. The summed E-state index contributed by atoms with van der Waals surface area (Å²) in [7, 11) is 3.31. The van der Waals surface area contributed by atoms with Crippen LogP contribution >= 0.6 is 11.6 Å². The van der Waals surface area contributed by atoms with Crippen molar-refractivity contribution in [3.05, 3.63) is 51.7 Å². The third-order valence-electron chi connectivity index (χ3n) is 2.60. The largest absolute Gasteiger partial charge is 0.496 e. The lowest BCUT2D eigenvalue weighted by molar-refractivity contribution is 0.408. The Labute approximate surface area is 104 Å². The molecule has 0 aliphatic heterocycles. The number of nitrogens with zero attached hydrogens (tertiary/aromatic N) is 2. The average Bonchev–Trinajstić information content (AvgIpc) is 2.61. The number of hydrogen-bond donors (Lipinski definition) is 0. The van der Waals surface area contributed by atoms with E-state index in [4.69, 9.17) is 16.3 Å². The summed E-state index contributed by atoms with van der Waals surface area (Å²) in [4.78, 5) is 11.7. The number of benzene rings is 1. The van der Waals surface area contributed by atoms with Gasteiger partial charge in [-0.2, -0.15) is 0 Å². The number of methoxy groups -OCH3 is 1. The van der Waals surface area contributed by atoms with E-state index in [9.17, 15) is 4.79 Å². The van der Waals surface area contributed by atoms with Crippen molar-refractivity contribution >= 4 is 11.6 Å². The van der Waals surface area contributed by atoms with Gasteiger partial charge >= 0.3 is 5.69 Å². The summed E-state index contributed by atoms with van der Waals surface area (Å²) in [6.45, 7) is 0.448. The van der Waals surface area contributed by atoms with E-state index in [1.807, 2.05) is 0 Å². The van der Waals surface area contributed by atoms with Gasteiger partial charge in [0.25, 0.3) is 0 Å². The molecule has 5 heteroatoms. The second-order valence-electron chi connectivity index (χ2n) is 3.78. The van der Waals surface area contributed by atoms with Crippen LogP contribution in [0.25, 0.3) is 0 Å². The SMILES string of the molecule is COc1ccc(Cl)cc1Cn1ccn(C)c1=O. The summed E-state index contributed by atoms with van der Waals surface area (Å²) >= 11 is 5.94. The Bertz CT molecular complexity index is 586. The molecule has 0 saturated heterocycles. The van der Waals surface area contributed by atoms with Crippen LogP contribution in [0.3, 0.4) is 0 Å². The number of ether oxygens (including phenoxy) is 1. The highest BCUT2D eigenvalue weighted by molar-refractivity contribution is 6.30. The Hall–Kier alpha value is -1.68. The fraction of sp³-hybridized carbons (Fsp3) is 0.250. The van der Waals surface area contributed by atoms with E-state index >= 15 is 0 Å². The van der Waals surface area contributed by atoms with Crippen molar-refractivity contribution < 1.29 is 4.74 Å². The normalized spacial score (nSPS) is 10.5. The van der Waals surface area contributed by atoms with Crippen molar-refractivity contribution in [1.29, 1.82) is 0 Å². The minimum Gasteiger partial charge on any atom is -0.496 e. The van der Waals surface area contributed by atoms with Gasteiger partial charge in [-0.15, -0.1) is 0 Å². The standard InChI is InChI=1S/C12H13ClN2O2/c1-14-5-6-15(12(14)16)8-9-7-10(13)3-4-11(9)17-2/h3-7H,8H2,1-2H3. The summed E-state index contributed by atoms with van der Waals surface area (Å²) in [5, 5.41) is 0.629. The van der Waals surface area contributed by atoms with E-state index in [-0.39, 0.29) is 5.69 Å². The van der Waals surface area contributed by atoms with Gasteiger partial charge in [0.1, 0.15) is 5.75 Å². The Morgan fingerprint density at radius 1 is 1.35 bits per heavy atom. The van der Waals surface area contributed by atoms with Crippen LogP contribution in [-0.2, 0) is 13.6 Å². The van der Waals surface area contributed by atoms with Gasteiger partial charge in [0, 0.05) is 30.0 Å². The molecule has 0 saturated carbocycles. The molecule has 17 heavy (non-hydrogen) atoms. The predicted molar refractivity (Wildman–Crippen MR) is 66.8 cm³/mol. The molecule has 0 spiro atoms. The van der Waals surface area contributed by atoms with Gasteiger partial charge in [-0.3, -0.25) is 4.57 Å². The molecule has 0 N–H and O–H groups in total. The molecule has 1 aromatic carbocycles. The summed E-state index contributed by atoms with van der Waals surface area (Å²) in [5.74, 6) is 0.727. The zero-order chi connectivity index (χ0) is 12.4. The van der Waals surface area contributed by atoms with Gasteiger partial charge in [-0.05, 0) is 18.2 Å². The molecule has 0 amide bonds. The van der Waals surface area contributed by atoms with Crippen molar-refractivity contribution in [2.45, 2.75) is 6.54 Å². The molecule has 0 unspecified atom stereocenters. The molecule has 4 nitrogen and oxygen atoms in total. The number of halogens is 1. The highest BCUT2D eigenvalue weighted by Gasteiger charge is 2.07.